The molecule has 1 N–H and O–H groups in total. The van der Waals surface area contributed by atoms with Gasteiger partial charge in [0.1, 0.15) is 29.6 Å². The predicted molar refractivity (Wildman–Crippen MR) is 114 cm³/mol. The van der Waals surface area contributed by atoms with Gasteiger partial charge in [0.2, 0.25) is 0 Å². The third-order valence-corrected chi connectivity index (χ3v) is 4.31. The number of methoxy groups -OCH3 is 3. The van der Waals surface area contributed by atoms with Crippen molar-refractivity contribution in [3.05, 3.63) is 89.5 Å². The minimum Gasteiger partial charge on any atom is -0.497 e. The Kier molecular flexibility index (Phi) is 8.59. The van der Waals surface area contributed by atoms with Crippen molar-refractivity contribution in [3.8, 4) is 17.2 Å². The zero-order valence-electron chi connectivity index (χ0n) is 17.1. The number of Topliss-reactive ketones (excluding diaryl/α,β-unsaturated/α-hetero) is 1. The Balaban J connectivity index is 0.000000269. The zero-order chi connectivity index (χ0) is 21.9. The molecule has 0 fully saturated rings. The standard InChI is InChI=1S/C16H16O4.C8H8O2/c1-19-13-7-3-11(4-8-13)15(17)16(18)12-5-9-14(20-2)10-6-12;1-10-8-4-2-7(6-9)3-5-8/h3-10,15,17H,1-2H3;2-6H,1H3. The first-order valence-electron chi connectivity index (χ1n) is 9.12. The minimum atomic E-state index is -1.19. The van der Waals surface area contributed by atoms with Gasteiger partial charge in [-0.15, -0.1) is 0 Å². The third-order valence-electron chi connectivity index (χ3n) is 4.31. The molecule has 6 heteroatoms. The molecule has 0 spiro atoms. The Bertz CT molecular complexity index is 931. The van der Waals surface area contributed by atoms with E-state index in [1.165, 1.54) is 0 Å². The summed E-state index contributed by atoms with van der Waals surface area (Å²) in [6.07, 6.45) is -0.381. The van der Waals surface area contributed by atoms with Gasteiger partial charge in [0.05, 0.1) is 21.3 Å². The summed E-state index contributed by atoms with van der Waals surface area (Å²) in [6.45, 7) is 0. The number of carbonyl (C=O) groups excluding carboxylic acids is 2. The molecular formula is C24H24O6. The van der Waals surface area contributed by atoms with E-state index in [9.17, 15) is 14.7 Å². The summed E-state index contributed by atoms with van der Waals surface area (Å²) in [4.78, 5) is 22.3. The van der Waals surface area contributed by atoms with Crippen LogP contribution >= 0.6 is 0 Å². The van der Waals surface area contributed by atoms with Gasteiger partial charge in [-0.25, -0.2) is 0 Å². The maximum Gasteiger partial charge on any atom is 0.195 e. The van der Waals surface area contributed by atoms with Gasteiger partial charge in [0, 0.05) is 11.1 Å². The molecule has 1 unspecified atom stereocenters. The summed E-state index contributed by atoms with van der Waals surface area (Å²) in [6, 6.07) is 20.3. The van der Waals surface area contributed by atoms with E-state index in [4.69, 9.17) is 14.2 Å². The average molecular weight is 408 g/mol. The molecule has 3 aromatic carbocycles. The highest BCUT2D eigenvalue weighted by Gasteiger charge is 2.19. The number of ether oxygens (including phenoxy) is 3. The molecule has 0 saturated carbocycles. The fourth-order valence-electron chi connectivity index (χ4n) is 2.53. The second kappa shape index (κ2) is 11.4. The quantitative estimate of drug-likeness (QED) is 0.468. The number of aliphatic hydroxyl groups excluding tert-OH is 1. The van der Waals surface area contributed by atoms with Crippen LogP contribution in [0.1, 0.15) is 32.4 Å². The number of hydrogen-bond donors (Lipinski definition) is 1. The lowest BCUT2D eigenvalue weighted by atomic mass is 10.00. The van der Waals surface area contributed by atoms with Gasteiger partial charge in [-0.1, -0.05) is 12.1 Å². The Morgan fingerprint density at radius 3 is 1.53 bits per heavy atom. The molecule has 0 aliphatic heterocycles. The topological polar surface area (TPSA) is 82.1 Å². The van der Waals surface area contributed by atoms with Crippen LogP contribution in [-0.4, -0.2) is 38.5 Å². The predicted octanol–water partition coefficient (Wildman–Crippen LogP) is 4.13. The summed E-state index contributed by atoms with van der Waals surface area (Å²) >= 11 is 0. The molecule has 0 aromatic heterocycles. The van der Waals surface area contributed by atoms with Gasteiger partial charge < -0.3 is 19.3 Å². The molecule has 1 atom stereocenters. The van der Waals surface area contributed by atoms with Crippen LogP contribution in [0.2, 0.25) is 0 Å². The molecular weight excluding hydrogens is 384 g/mol. The minimum absolute atomic E-state index is 0.349. The van der Waals surface area contributed by atoms with Crippen LogP contribution in [0.4, 0.5) is 0 Å². The van der Waals surface area contributed by atoms with Crippen LogP contribution in [0.5, 0.6) is 17.2 Å². The normalized spacial score (nSPS) is 10.8. The summed E-state index contributed by atoms with van der Waals surface area (Å²) in [5, 5.41) is 10.1. The van der Waals surface area contributed by atoms with Crippen LogP contribution in [0, 0.1) is 0 Å². The lowest BCUT2D eigenvalue weighted by Gasteiger charge is -2.11. The van der Waals surface area contributed by atoms with Gasteiger partial charge in [0.15, 0.2) is 5.78 Å². The van der Waals surface area contributed by atoms with E-state index in [1.807, 2.05) is 0 Å². The van der Waals surface area contributed by atoms with Gasteiger partial charge in [0.25, 0.3) is 0 Å². The van der Waals surface area contributed by atoms with E-state index in [2.05, 4.69) is 0 Å². The molecule has 0 heterocycles. The number of hydrogen-bond acceptors (Lipinski definition) is 6. The summed E-state index contributed by atoms with van der Waals surface area (Å²) in [7, 11) is 4.72. The number of benzene rings is 3. The number of ketones is 1. The Morgan fingerprint density at radius 2 is 1.13 bits per heavy atom. The van der Waals surface area contributed by atoms with Crippen molar-refractivity contribution in [2.45, 2.75) is 6.10 Å². The van der Waals surface area contributed by atoms with E-state index >= 15 is 0 Å². The molecule has 0 saturated heterocycles. The molecule has 3 aromatic rings. The van der Waals surface area contributed by atoms with Gasteiger partial charge in [-0.3, -0.25) is 9.59 Å². The van der Waals surface area contributed by atoms with Crippen LogP contribution in [0.3, 0.4) is 0 Å². The van der Waals surface area contributed by atoms with E-state index in [0.29, 0.717) is 28.2 Å². The van der Waals surface area contributed by atoms with Crippen LogP contribution in [0.25, 0.3) is 0 Å². The van der Waals surface area contributed by atoms with E-state index in [0.717, 1.165) is 12.0 Å². The number of aliphatic hydroxyl groups is 1. The molecule has 30 heavy (non-hydrogen) atoms. The first-order chi connectivity index (χ1) is 14.5. The SMILES string of the molecule is COc1ccc(C(=O)C(O)c2ccc(OC)cc2)cc1.COc1ccc(C=O)cc1. The lowest BCUT2D eigenvalue weighted by molar-refractivity contribution is 0.0747. The fourth-order valence-corrected chi connectivity index (χ4v) is 2.53. The monoisotopic (exact) mass is 408 g/mol. The number of carbonyl (C=O) groups is 2. The molecule has 0 amide bonds. The number of aldehydes is 1. The summed E-state index contributed by atoms with van der Waals surface area (Å²) in [5.41, 5.74) is 1.64. The van der Waals surface area contributed by atoms with Crippen molar-refractivity contribution in [1.29, 1.82) is 0 Å². The van der Waals surface area contributed by atoms with Crippen LogP contribution in [0.15, 0.2) is 72.8 Å². The Hall–Kier alpha value is -3.64. The summed E-state index contributed by atoms with van der Waals surface area (Å²) < 4.78 is 15.0. The second-order valence-corrected chi connectivity index (χ2v) is 6.16. The highest BCUT2D eigenvalue weighted by Crippen LogP contribution is 2.22. The molecule has 0 radical (unpaired) electrons. The maximum atomic E-state index is 12.2. The fraction of sp³-hybridized carbons (Fsp3) is 0.167. The first-order valence-corrected chi connectivity index (χ1v) is 9.12. The molecule has 156 valence electrons. The lowest BCUT2D eigenvalue weighted by Crippen LogP contribution is -2.12. The highest BCUT2D eigenvalue weighted by molar-refractivity contribution is 5.99. The van der Waals surface area contributed by atoms with E-state index < -0.39 is 6.10 Å². The van der Waals surface area contributed by atoms with E-state index in [-0.39, 0.29) is 5.78 Å². The average Bonchev–Trinajstić information content (AvgIpc) is 2.83. The third kappa shape index (κ3) is 6.18. The van der Waals surface area contributed by atoms with Crippen molar-refractivity contribution in [2.24, 2.45) is 0 Å². The molecule has 0 aliphatic carbocycles. The molecule has 0 aliphatic rings. The van der Waals surface area contributed by atoms with Crippen molar-refractivity contribution in [2.75, 3.05) is 21.3 Å². The van der Waals surface area contributed by atoms with Gasteiger partial charge in [-0.05, 0) is 66.2 Å². The Morgan fingerprint density at radius 1 is 0.733 bits per heavy atom. The number of rotatable bonds is 7. The summed E-state index contributed by atoms with van der Waals surface area (Å²) in [5.74, 6) is 1.77. The van der Waals surface area contributed by atoms with Crippen molar-refractivity contribution < 1.29 is 28.9 Å². The molecule has 0 bridgehead atoms. The van der Waals surface area contributed by atoms with Crippen molar-refractivity contribution in [1.82, 2.24) is 0 Å². The smallest absolute Gasteiger partial charge is 0.195 e. The molecule has 6 nitrogen and oxygen atoms in total. The van der Waals surface area contributed by atoms with Gasteiger partial charge >= 0.3 is 0 Å². The van der Waals surface area contributed by atoms with E-state index in [1.54, 1.807) is 94.1 Å². The maximum absolute atomic E-state index is 12.2. The Labute approximate surface area is 175 Å². The molecule has 3 rings (SSSR count). The van der Waals surface area contributed by atoms with Gasteiger partial charge in [-0.2, -0.15) is 0 Å². The van der Waals surface area contributed by atoms with Crippen LogP contribution < -0.4 is 14.2 Å². The zero-order valence-corrected chi connectivity index (χ0v) is 17.1. The second-order valence-electron chi connectivity index (χ2n) is 6.16. The van der Waals surface area contributed by atoms with Crippen LogP contribution in [-0.2, 0) is 0 Å². The largest absolute Gasteiger partial charge is 0.497 e. The highest BCUT2D eigenvalue weighted by atomic mass is 16.5. The van der Waals surface area contributed by atoms with Crippen molar-refractivity contribution >= 4 is 12.1 Å². The van der Waals surface area contributed by atoms with Crippen molar-refractivity contribution in [3.63, 3.8) is 0 Å². The first kappa shape index (κ1) is 22.6.